The number of anilines is 1. The zero-order valence-corrected chi connectivity index (χ0v) is 13.6. The van der Waals surface area contributed by atoms with Gasteiger partial charge in [0, 0.05) is 32.6 Å². The Morgan fingerprint density at radius 2 is 2.21 bits per heavy atom. The molecule has 0 bridgehead atoms. The number of rotatable bonds is 4. The summed E-state index contributed by atoms with van der Waals surface area (Å²) in [4.78, 5) is 24.4. The SMILES string of the molecule is CN(C)c1cncc(OC2CCN(C(=O)c3cccc(F)c3)C2)n1. The maximum absolute atomic E-state index is 13.3. The lowest BCUT2D eigenvalue weighted by Gasteiger charge is -2.17. The second kappa shape index (κ2) is 6.82. The molecule has 1 amide bonds. The molecular formula is C17H19FN4O2. The van der Waals surface area contributed by atoms with Crippen molar-refractivity contribution in [3.05, 3.63) is 48.0 Å². The summed E-state index contributed by atoms with van der Waals surface area (Å²) in [6.07, 6.45) is 3.77. The van der Waals surface area contributed by atoms with Gasteiger partial charge in [-0.05, 0) is 18.2 Å². The predicted molar refractivity (Wildman–Crippen MR) is 87.7 cm³/mol. The van der Waals surface area contributed by atoms with Crippen molar-refractivity contribution in [2.45, 2.75) is 12.5 Å². The molecule has 2 aromatic rings. The molecule has 1 atom stereocenters. The first kappa shape index (κ1) is 16.2. The van der Waals surface area contributed by atoms with Gasteiger partial charge in [-0.1, -0.05) is 6.07 Å². The fourth-order valence-corrected chi connectivity index (χ4v) is 2.59. The van der Waals surface area contributed by atoms with Crippen LogP contribution < -0.4 is 9.64 Å². The minimum Gasteiger partial charge on any atom is -0.471 e. The van der Waals surface area contributed by atoms with Crippen molar-refractivity contribution in [1.82, 2.24) is 14.9 Å². The minimum atomic E-state index is -0.413. The zero-order chi connectivity index (χ0) is 17.1. The van der Waals surface area contributed by atoms with Crippen molar-refractivity contribution in [2.75, 3.05) is 32.1 Å². The highest BCUT2D eigenvalue weighted by Crippen LogP contribution is 2.20. The number of nitrogens with zero attached hydrogens (tertiary/aromatic N) is 4. The van der Waals surface area contributed by atoms with E-state index in [1.807, 2.05) is 19.0 Å². The maximum Gasteiger partial charge on any atom is 0.254 e. The van der Waals surface area contributed by atoms with Gasteiger partial charge in [0.1, 0.15) is 11.9 Å². The van der Waals surface area contributed by atoms with Crippen LogP contribution in [0.3, 0.4) is 0 Å². The van der Waals surface area contributed by atoms with E-state index >= 15 is 0 Å². The molecule has 0 spiro atoms. The van der Waals surface area contributed by atoms with Gasteiger partial charge in [0.25, 0.3) is 5.91 Å². The average molecular weight is 330 g/mol. The fraction of sp³-hybridized carbons (Fsp3) is 0.353. The van der Waals surface area contributed by atoms with Crippen LogP contribution in [0.4, 0.5) is 10.2 Å². The molecule has 1 aromatic carbocycles. The van der Waals surface area contributed by atoms with Crippen LogP contribution in [0.25, 0.3) is 0 Å². The quantitative estimate of drug-likeness (QED) is 0.858. The second-order valence-electron chi connectivity index (χ2n) is 5.90. The van der Waals surface area contributed by atoms with Crippen molar-refractivity contribution in [3.8, 4) is 5.88 Å². The molecule has 1 aliphatic rings. The van der Waals surface area contributed by atoms with Crippen LogP contribution in [0.15, 0.2) is 36.7 Å². The standard InChI is InChI=1S/C17H19FN4O2/c1-21(2)15-9-19-10-16(20-15)24-14-6-7-22(11-14)17(23)12-4-3-5-13(18)8-12/h3-5,8-10,14H,6-7,11H2,1-2H3. The predicted octanol–water partition coefficient (Wildman–Crippen LogP) is 1.98. The van der Waals surface area contributed by atoms with Crippen LogP contribution in [-0.2, 0) is 0 Å². The van der Waals surface area contributed by atoms with Gasteiger partial charge in [-0.15, -0.1) is 0 Å². The number of benzene rings is 1. The number of hydrogen-bond acceptors (Lipinski definition) is 5. The minimum absolute atomic E-state index is 0.144. The highest BCUT2D eigenvalue weighted by atomic mass is 19.1. The summed E-state index contributed by atoms with van der Waals surface area (Å²) in [5.74, 6) is 0.543. The molecule has 24 heavy (non-hydrogen) atoms. The van der Waals surface area contributed by atoms with Gasteiger partial charge in [-0.2, -0.15) is 4.98 Å². The lowest BCUT2D eigenvalue weighted by Crippen LogP contribution is -2.31. The third-order valence-corrected chi connectivity index (χ3v) is 3.85. The number of amides is 1. The molecule has 1 fully saturated rings. The summed E-state index contributed by atoms with van der Waals surface area (Å²) in [5.41, 5.74) is 0.352. The number of carbonyl (C=O) groups excluding carboxylic acids is 1. The van der Waals surface area contributed by atoms with Crippen molar-refractivity contribution < 1.29 is 13.9 Å². The Balaban J connectivity index is 1.63. The summed E-state index contributed by atoms with van der Waals surface area (Å²) in [7, 11) is 3.76. The lowest BCUT2D eigenvalue weighted by molar-refractivity contribution is 0.0770. The number of aromatic nitrogens is 2. The zero-order valence-electron chi connectivity index (χ0n) is 13.6. The van der Waals surface area contributed by atoms with E-state index < -0.39 is 5.82 Å². The molecule has 1 aromatic heterocycles. The first-order valence-electron chi connectivity index (χ1n) is 7.74. The molecule has 2 heterocycles. The third-order valence-electron chi connectivity index (χ3n) is 3.85. The number of ether oxygens (including phenoxy) is 1. The summed E-state index contributed by atoms with van der Waals surface area (Å²) in [6.45, 7) is 1.02. The average Bonchev–Trinajstić information content (AvgIpc) is 3.03. The summed E-state index contributed by atoms with van der Waals surface area (Å²) in [6, 6.07) is 5.73. The summed E-state index contributed by atoms with van der Waals surface area (Å²) < 4.78 is 19.1. The van der Waals surface area contributed by atoms with Gasteiger partial charge in [0.2, 0.25) is 5.88 Å². The maximum atomic E-state index is 13.3. The Kier molecular flexibility index (Phi) is 4.59. The largest absolute Gasteiger partial charge is 0.471 e. The smallest absolute Gasteiger partial charge is 0.254 e. The Hall–Kier alpha value is -2.70. The van der Waals surface area contributed by atoms with Crippen LogP contribution in [-0.4, -0.2) is 54.1 Å². The van der Waals surface area contributed by atoms with E-state index in [0.717, 1.165) is 0 Å². The lowest BCUT2D eigenvalue weighted by atomic mass is 10.2. The van der Waals surface area contributed by atoms with E-state index in [9.17, 15) is 9.18 Å². The molecule has 126 valence electrons. The molecule has 0 aliphatic carbocycles. The first-order valence-corrected chi connectivity index (χ1v) is 7.74. The molecule has 1 saturated heterocycles. The second-order valence-corrected chi connectivity index (χ2v) is 5.90. The Labute approximate surface area is 139 Å². The number of likely N-dealkylation sites (tertiary alicyclic amines) is 1. The first-order chi connectivity index (χ1) is 11.5. The number of carbonyl (C=O) groups is 1. The highest BCUT2D eigenvalue weighted by molar-refractivity contribution is 5.94. The number of hydrogen-bond donors (Lipinski definition) is 0. The van der Waals surface area contributed by atoms with Crippen molar-refractivity contribution in [1.29, 1.82) is 0 Å². The molecule has 1 aliphatic heterocycles. The van der Waals surface area contributed by atoms with Gasteiger partial charge < -0.3 is 14.5 Å². The van der Waals surface area contributed by atoms with E-state index in [-0.39, 0.29) is 12.0 Å². The van der Waals surface area contributed by atoms with Crippen molar-refractivity contribution in [2.24, 2.45) is 0 Å². The Morgan fingerprint density at radius 3 is 2.96 bits per heavy atom. The molecule has 0 saturated carbocycles. The summed E-state index contributed by atoms with van der Waals surface area (Å²) in [5, 5.41) is 0. The van der Waals surface area contributed by atoms with E-state index in [1.165, 1.54) is 18.2 Å². The van der Waals surface area contributed by atoms with Crippen LogP contribution >= 0.6 is 0 Å². The molecule has 7 heteroatoms. The van der Waals surface area contributed by atoms with Gasteiger partial charge in [0.15, 0.2) is 5.82 Å². The third kappa shape index (κ3) is 3.61. The Morgan fingerprint density at radius 1 is 1.38 bits per heavy atom. The monoisotopic (exact) mass is 330 g/mol. The van der Waals surface area contributed by atoms with Crippen LogP contribution in [0.1, 0.15) is 16.8 Å². The molecular weight excluding hydrogens is 311 g/mol. The van der Waals surface area contributed by atoms with Crippen LogP contribution in [0.2, 0.25) is 0 Å². The van der Waals surface area contributed by atoms with Crippen LogP contribution in [0.5, 0.6) is 5.88 Å². The van der Waals surface area contributed by atoms with E-state index in [1.54, 1.807) is 23.4 Å². The van der Waals surface area contributed by atoms with Gasteiger partial charge in [-0.25, -0.2) is 4.39 Å². The van der Waals surface area contributed by atoms with E-state index in [0.29, 0.717) is 36.8 Å². The highest BCUT2D eigenvalue weighted by Gasteiger charge is 2.28. The van der Waals surface area contributed by atoms with Gasteiger partial charge in [0.05, 0.1) is 18.9 Å². The summed E-state index contributed by atoms with van der Waals surface area (Å²) >= 11 is 0. The van der Waals surface area contributed by atoms with E-state index in [2.05, 4.69) is 9.97 Å². The molecule has 0 N–H and O–H groups in total. The van der Waals surface area contributed by atoms with Crippen molar-refractivity contribution >= 4 is 11.7 Å². The molecule has 0 radical (unpaired) electrons. The number of halogens is 1. The molecule has 6 nitrogen and oxygen atoms in total. The van der Waals surface area contributed by atoms with Gasteiger partial charge >= 0.3 is 0 Å². The molecule has 1 unspecified atom stereocenters. The van der Waals surface area contributed by atoms with Crippen molar-refractivity contribution in [3.63, 3.8) is 0 Å². The topological polar surface area (TPSA) is 58.6 Å². The van der Waals surface area contributed by atoms with Crippen LogP contribution in [0, 0.1) is 5.82 Å². The fourth-order valence-electron chi connectivity index (χ4n) is 2.59. The Bertz CT molecular complexity index is 738. The van der Waals surface area contributed by atoms with Gasteiger partial charge in [-0.3, -0.25) is 9.78 Å². The molecule has 3 rings (SSSR count). The van der Waals surface area contributed by atoms with E-state index in [4.69, 9.17) is 4.74 Å². The normalized spacial score (nSPS) is 17.0.